The molecule has 0 aliphatic rings. The Morgan fingerprint density at radius 3 is 2.39 bits per heavy atom. The maximum absolute atomic E-state index is 13.7. The van der Waals surface area contributed by atoms with Crippen molar-refractivity contribution in [1.29, 1.82) is 0 Å². The Balaban J connectivity index is 2.28. The van der Waals surface area contributed by atoms with E-state index in [-0.39, 0.29) is 10.6 Å². The van der Waals surface area contributed by atoms with E-state index in [0.29, 0.717) is 0 Å². The van der Waals surface area contributed by atoms with E-state index in [1.54, 1.807) is 6.92 Å². The van der Waals surface area contributed by atoms with E-state index in [9.17, 15) is 12.8 Å². The molecule has 0 unspecified atom stereocenters. The predicted molar refractivity (Wildman–Crippen MR) is 87.6 cm³/mol. The Morgan fingerprint density at radius 2 is 1.83 bits per heavy atom. The van der Waals surface area contributed by atoms with Crippen LogP contribution in [-0.4, -0.2) is 15.5 Å². The molecule has 0 spiro atoms. The average Bonchev–Trinajstić information content (AvgIpc) is 2.46. The van der Waals surface area contributed by atoms with Gasteiger partial charge in [-0.25, -0.2) is 17.5 Å². The summed E-state index contributed by atoms with van der Waals surface area (Å²) in [6, 6.07) is 8.96. The van der Waals surface area contributed by atoms with Gasteiger partial charge in [0.2, 0.25) is 10.0 Å². The third kappa shape index (κ3) is 3.89. The molecule has 2 rings (SSSR count). The molecule has 0 bridgehead atoms. The first kappa shape index (κ1) is 17.4. The summed E-state index contributed by atoms with van der Waals surface area (Å²) >= 11 is 0. The van der Waals surface area contributed by atoms with Gasteiger partial charge >= 0.3 is 0 Å². The number of nitrogens with one attached hydrogen (secondary N) is 1. The number of methoxy groups -OCH3 is 1. The van der Waals surface area contributed by atoms with Crippen LogP contribution in [0.1, 0.15) is 29.7 Å². The normalized spacial score (nSPS) is 12.9. The highest BCUT2D eigenvalue weighted by Gasteiger charge is 2.21. The lowest BCUT2D eigenvalue weighted by Gasteiger charge is -2.17. The molecule has 0 saturated carbocycles. The molecule has 23 heavy (non-hydrogen) atoms. The molecule has 2 aromatic carbocycles. The SMILES string of the molecule is COc1ccc(S(=O)(=O)N[C@H](C)c2ccc(C)cc2C)cc1F. The first-order valence-corrected chi connectivity index (χ1v) is 8.66. The Kier molecular flexibility index (Phi) is 5.06. The highest BCUT2D eigenvalue weighted by atomic mass is 32.2. The molecule has 0 fully saturated rings. The van der Waals surface area contributed by atoms with Crippen LogP contribution in [0.5, 0.6) is 5.75 Å². The van der Waals surface area contributed by atoms with Crippen molar-refractivity contribution < 1.29 is 17.5 Å². The molecular formula is C17H20FNO3S. The third-order valence-corrected chi connectivity index (χ3v) is 5.20. The summed E-state index contributed by atoms with van der Waals surface area (Å²) in [5.41, 5.74) is 2.99. The van der Waals surface area contributed by atoms with Crippen molar-refractivity contribution in [3.8, 4) is 5.75 Å². The zero-order chi connectivity index (χ0) is 17.2. The molecule has 0 saturated heterocycles. The molecule has 6 heteroatoms. The van der Waals surface area contributed by atoms with Gasteiger partial charge in [-0.2, -0.15) is 0 Å². The second-order valence-electron chi connectivity index (χ2n) is 5.50. The average molecular weight is 337 g/mol. The molecule has 0 aromatic heterocycles. The summed E-state index contributed by atoms with van der Waals surface area (Å²) in [7, 11) is -2.50. The number of hydrogen-bond donors (Lipinski definition) is 1. The van der Waals surface area contributed by atoms with Crippen molar-refractivity contribution in [1.82, 2.24) is 4.72 Å². The van der Waals surface area contributed by atoms with Gasteiger partial charge in [0.25, 0.3) is 0 Å². The van der Waals surface area contributed by atoms with Gasteiger partial charge in [-0.05, 0) is 50.1 Å². The second-order valence-corrected chi connectivity index (χ2v) is 7.21. The molecule has 1 N–H and O–H groups in total. The number of ether oxygens (including phenoxy) is 1. The minimum absolute atomic E-state index is 0.00591. The number of benzene rings is 2. The van der Waals surface area contributed by atoms with E-state index >= 15 is 0 Å². The van der Waals surface area contributed by atoms with Crippen LogP contribution < -0.4 is 9.46 Å². The highest BCUT2D eigenvalue weighted by Crippen LogP contribution is 2.24. The van der Waals surface area contributed by atoms with Crippen LogP contribution in [0.4, 0.5) is 4.39 Å². The van der Waals surface area contributed by atoms with E-state index < -0.39 is 21.9 Å². The Hall–Kier alpha value is -1.92. The molecule has 0 amide bonds. The largest absolute Gasteiger partial charge is 0.494 e. The third-order valence-electron chi connectivity index (χ3n) is 3.66. The summed E-state index contributed by atoms with van der Waals surface area (Å²) in [6.45, 7) is 5.67. The maximum atomic E-state index is 13.7. The van der Waals surface area contributed by atoms with Crippen LogP contribution in [0.15, 0.2) is 41.3 Å². The number of hydrogen-bond acceptors (Lipinski definition) is 3. The van der Waals surface area contributed by atoms with Gasteiger partial charge in [-0.15, -0.1) is 0 Å². The molecule has 124 valence electrons. The van der Waals surface area contributed by atoms with Crippen molar-refractivity contribution >= 4 is 10.0 Å². The van der Waals surface area contributed by atoms with Gasteiger partial charge in [-0.3, -0.25) is 0 Å². The van der Waals surface area contributed by atoms with Crippen molar-refractivity contribution in [3.05, 3.63) is 58.9 Å². The summed E-state index contributed by atoms with van der Waals surface area (Å²) in [5, 5.41) is 0. The van der Waals surface area contributed by atoms with Crippen molar-refractivity contribution in [3.63, 3.8) is 0 Å². The first-order valence-electron chi connectivity index (χ1n) is 7.17. The monoisotopic (exact) mass is 337 g/mol. The maximum Gasteiger partial charge on any atom is 0.241 e. The molecule has 0 heterocycles. The van der Waals surface area contributed by atoms with Gasteiger partial charge in [0.1, 0.15) is 0 Å². The first-order chi connectivity index (χ1) is 10.7. The van der Waals surface area contributed by atoms with Crippen LogP contribution in [-0.2, 0) is 10.0 Å². The molecule has 2 aromatic rings. The fourth-order valence-electron chi connectivity index (χ4n) is 2.49. The van der Waals surface area contributed by atoms with Crippen LogP contribution in [0.25, 0.3) is 0 Å². The molecule has 0 radical (unpaired) electrons. The number of rotatable bonds is 5. The van der Waals surface area contributed by atoms with Crippen LogP contribution in [0.2, 0.25) is 0 Å². The van der Waals surface area contributed by atoms with Gasteiger partial charge in [0, 0.05) is 6.04 Å². The van der Waals surface area contributed by atoms with E-state index in [1.807, 2.05) is 32.0 Å². The minimum atomic E-state index is -3.83. The summed E-state index contributed by atoms with van der Waals surface area (Å²) in [5.74, 6) is -0.707. The summed E-state index contributed by atoms with van der Waals surface area (Å²) in [6.07, 6.45) is 0. The van der Waals surface area contributed by atoms with Gasteiger partial charge < -0.3 is 4.74 Å². The number of halogens is 1. The summed E-state index contributed by atoms with van der Waals surface area (Å²) < 4.78 is 46.0. The topological polar surface area (TPSA) is 55.4 Å². The smallest absolute Gasteiger partial charge is 0.241 e. The zero-order valence-corrected chi connectivity index (χ0v) is 14.4. The zero-order valence-electron chi connectivity index (χ0n) is 13.6. The van der Waals surface area contributed by atoms with Gasteiger partial charge in [-0.1, -0.05) is 23.8 Å². The number of aryl methyl sites for hydroxylation is 2. The van der Waals surface area contributed by atoms with E-state index in [4.69, 9.17) is 4.74 Å². The fraction of sp³-hybridized carbons (Fsp3) is 0.294. The molecule has 4 nitrogen and oxygen atoms in total. The molecule has 0 aliphatic carbocycles. The molecule has 1 atom stereocenters. The molecular weight excluding hydrogens is 317 g/mol. The molecule has 0 aliphatic heterocycles. The van der Waals surface area contributed by atoms with E-state index in [1.165, 1.54) is 19.2 Å². The van der Waals surface area contributed by atoms with Gasteiger partial charge in [0.15, 0.2) is 11.6 Å². The quantitative estimate of drug-likeness (QED) is 0.908. The summed E-state index contributed by atoms with van der Waals surface area (Å²) in [4.78, 5) is -0.132. The van der Waals surface area contributed by atoms with Crippen molar-refractivity contribution in [2.75, 3.05) is 7.11 Å². The number of sulfonamides is 1. The lowest BCUT2D eigenvalue weighted by atomic mass is 10.0. The van der Waals surface area contributed by atoms with E-state index in [0.717, 1.165) is 22.8 Å². The lowest BCUT2D eigenvalue weighted by molar-refractivity contribution is 0.385. The Morgan fingerprint density at radius 1 is 1.13 bits per heavy atom. The predicted octanol–water partition coefficient (Wildman–Crippen LogP) is 3.49. The standard InChI is InChI=1S/C17H20FNO3S/c1-11-5-7-15(12(2)9-11)13(3)19-23(20,21)14-6-8-17(22-4)16(18)10-14/h5-10,13,19H,1-4H3/t13-/m1/s1. The van der Waals surface area contributed by atoms with Gasteiger partial charge in [0.05, 0.1) is 12.0 Å². The van der Waals surface area contributed by atoms with Crippen molar-refractivity contribution in [2.45, 2.75) is 31.7 Å². The lowest BCUT2D eigenvalue weighted by Crippen LogP contribution is -2.27. The fourth-order valence-corrected chi connectivity index (χ4v) is 3.72. The van der Waals surface area contributed by atoms with Crippen LogP contribution >= 0.6 is 0 Å². The Labute approximate surface area is 136 Å². The second kappa shape index (κ2) is 6.68. The van der Waals surface area contributed by atoms with E-state index in [2.05, 4.69) is 4.72 Å². The minimum Gasteiger partial charge on any atom is -0.494 e. The van der Waals surface area contributed by atoms with Crippen LogP contribution in [0.3, 0.4) is 0 Å². The highest BCUT2D eigenvalue weighted by molar-refractivity contribution is 7.89. The van der Waals surface area contributed by atoms with Crippen LogP contribution in [0, 0.1) is 19.7 Å². The Bertz CT molecular complexity index is 819. The van der Waals surface area contributed by atoms with Crippen molar-refractivity contribution in [2.24, 2.45) is 0 Å².